The molecule has 0 fully saturated rings. The van der Waals surface area contributed by atoms with E-state index in [4.69, 9.17) is 40.2 Å². The molecule has 0 aliphatic carbocycles. The molecule has 0 radical (unpaired) electrons. The zero-order valence-electron chi connectivity index (χ0n) is 22.0. The number of carboxylic acids is 1. The predicted octanol–water partition coefficient (Wildman–Crippen LogP) is 7.65. The highest BCUT2D eigenvalue weighted by atomic mass is 35.5. The van der Waals surface area contributed by atoms with Gasteiger partial charge in [-0.25, -0.2) is 4.57 Å². The highest BCUT2D eigenvalue weighted by Gasteiger charge is 2.21. The number of para-hydroxylation sites is 3. The second-order valence-electron chi connectivity index (χ2n) is 9.13. The molecule has 0 saturated carbocycles. The predicted molar refractivity (Wildman–Crippen MR) is 166 cm³/mol. The molecular formula is C31H25Cl2N3O4S. The van der Waals surface area contributed by atoms with E-state index in [1.54, 1.807) is 42.5 Å². The van der Waals surface area contributed by atoms with E-state index in [1.807, 2.05) is 64.9 Å². The maximum Gasteiger partial charge on any atom is 0.307 e. The van der Waals surface area contributed by atoms with Crippen LogP contribution in [-0.4, -0.2) is 26.8 Å². The third-order valence-electron chi connectivity index (χ3n) is 6.58. The summed E-state index contributed by atoms with van der Waals surface area (Å²) in [6.07, 6.45) is -0.176. The van der Waals surface area contributed by atoms with Crippen LogP contribution in [0.3, 0.4) is 0 Å². The summed E-state index contributed by atoms with van der Waals surface area (Å²) in [4.78, 5) is 27.5. The molecule has 0 aliphatic heterocycles. The van der Waals surface area contributed by atoms with Gasteiger partial charge in [0.25, 0.3) is 5.56 Å². The van der Waals surface area contributed by atoms with E-state index in [0.717, 1.165) is 5.69 Å². The number of fused-ring (bicyclic) bond motifs is 1. The van der Waals surface area contributed by atoms with Gasteiger partial charge in [-0.2, -0.15) is 0 Å². The Bertz CT molecular complexity index is 1850. The first-order chi connectivity index (χ1) is 19.8. The number of carbonyl (C=O) groups is 1. The molecule has 41 heavy (non-hydrogen) atoms. The fraction of sp³-hybridized carbons (Fsp3) is 0.129. The number of hydrogen-bond donors (Lipinski definition) is 1. The van der Waals surface area contributed by atoms with E-state index < -0.39 is 5.97 Å². The molecule has 1 aromatic heterocycles. The number of ether oxygens (including phenoxy) is 1. The van der Waals surface area contributed by atoms with Crippen molar-refractivity contribution in [2.24, 2.45) is 0 Å². The Morgan fingerprint density at radius 3 is 2.27 bits per heavy atom. The largest absolute Gasteiger partial charge is 0.494 e. The third kappa shape index (κ3) is 5.72. The van der Waals surface area contributed by atoms with Crippen molar-refractivity contribution in [1.29, 1.82) is 0 Å². The number of aliphatic carboxylic acids is 1. The third-order valence-corrected chi connectivity index (χ3v) is 7.59. The second kappa shape index (κ2) is 12.2. The van der Waals surface area contributed by atoms with Crippen LogP contribution in [0.2, 0.25) is 10.0 Å². The van der Waals surface area contributed by atoms with Gasteiger partial charge in [-0.05, 0) is 79.3 Å². The van der Waals surface area contributed by atoms with Crippen molar-refractivity contribution in [3.05, 3.63) is 122 Å². The van der Waals surface area contributed by atoms with Crippen LogP contribution in [-0.2, 0) is 17.9 Å². The smallest absolute Gasteiger partial charge is 0.307 e. The molecule has 0 atom stereocenters. The summed E-state index contributed by atoms with van der Waals surface area (Å²) in [6.45, 7) is 2.58. The molecule has 5 aromatic rings. The normalized spacial score (nSPS) is 11.0. The van der Waals surface area contributed by atoms with Gasteiger partial charge in [0.15, 0.2) is 4.77 Å². The molecule has 0 aliphatic rings. The SMILES string of the molecule is CCOc1ccc(N(Cn2c(=S)n(-c3c(Cl)cccc3Cl)c(=O)c3ccccc32)c2ccccc2CC(=O)O)cc1. The first kappa shape index (κ1) is 28.4. The summed E-state index contributed by atoms with van der Waals surface area (Å²) < 4.78 is 8.98. The number of nitrogens with zero attached hydrogens (tertiary/aromatic N) is 3. The van der Waals surface area contributed by atoms with E-state index in [0.29, 0.717) is 40.2 Å². The topological polar surface area (TPSA) is 76.7 Å². The van der Waals surface area contributed by atoms with Crippen molar-refractivity contribution in [3.8, 4) is 11.4 Å². The number of anilines is 2. The summed E-state index contributed by atoms with van der Waals surface area (Å²) in [5, 5.41) is 10.6. The minimum atomic E-state index is -0.951. The Balaban J connectivity index is 1.78. The van der Waals surface area contributed by atoms with Crippen LogP contribution in [0.4, 0.5) is 11.4 Å². The molecule has 0 spiro atoms. The Morgan fingerprint density at radius 2 is 1.59 bits per heavy atom. The van der Waals surface area contributed by atoms with E-state index in [9.17, 15) is 14.7 Å². The van der Waals surface area contributed by atoms with E-state index >= 15 is 0 Å². The molecule has 1 N–H and O–H groups in total. The molecule has 7 nitrogen and oxygen atoms in total. The molecule has 208 valence electrons. The highest BCUT2D eigenvalue weighted by Crippen LogP contribution is 2.33. The van der Waals surface area contributed by atoms with Gasteiger partial charge in [-0.1, -0.05) is 59.6 Å². The highest BCUT2D eigenvalue weighted by molar-refractivity contribution is 7.71. The molecule has 1 heterocycles. The summed E-state index contributed by atoms with van der Waals surface area (Å²) >= 11 is 19.0. The Labute approximate surface area is 251 Å². The van der Waals surface area contributed by atoms with E-state index in [1.165, 1.54) is 4.57 Å². The van der Waals surface area contributed by atoms with Crippen LogP contribution in [0.25, 0.3) is 16.6 Å². The summed E-state index contributed by atoms with van der Waals surface area (Å²) in [7, 11) is 0. The fourth-order valence-corrected chi connectivity index (χ4v) is 5.67. The molecule has 4 aromatic carbocycles. The number of benzene rings is 4. The number of aromatic nitrogens is 2. The monoisotopic (exact) mass is 605 g/mol. The lowest BCUT2D eigenvalue weighted by Crippen LogP contribution is -2.29. The molecule has 0 saturated heterocycles. The molecule has 0 bridgehead atoms. The first-order valence-corrected chi connectivity index (χ1v) is 14.0. The van der Waals surface area contributed by atoms with Crippen molar-refractivity contribution >= 4 is 63.7 Å². The van der Waals surface area contributed by atoms with Gasteiger partial charge in [0.2, 0.25) is 0 Å². The van der Waals surface area contributed by atoms with Crippen LogP contribution in [0.1, 0.15) is 12.5 Å². The van der Waals surface area contributed by atoms with Gasteiger partial charge >= 0.3 is 5.97 Å². The fourth-order valence-electron chi connectivity index (χ4n) is 4.77. The van der Waals surface area contributed by atoms with Gasteiger partial charge in [-0.15, -0.1) is 0 Å². The van der Waals surface area contributed by atoms with Crippen molar-refractivity contribution in [1.82, 2.24) is 9.13 Å². The number of rotatable bonds is 9. The zero-order valence-corrected chi connectivity index (χ0v) is 24.3. The first-order valence-electron chi connectivity index (χ1n) is 12.8. The molecule has 10 heteroatoms. The summed E-state index contributed by atoms with van der Waals surface area (Å²) in [5.41, 5.74) is 2.62. The Kier molecular flexibility index (Phi) is 8.44. The number of carboxylic acid groups (broad SMARTS) is 1. The van der Waals surface area contributed by atoms with Crippen LogP contribution < -0.4 is 15.2 Å². The average molecular weight is 607 g/mol. The second-order valence-corrected chi connectivity index (χ2v) is 10.3. The molecular weight excluding hydrogens is 581 g/mol. The van der Waals surface area contributed by atoms with Crippen LogP contribution >= 0.6 is 35.4 Å². The quantitative estimate of drug-likeness (QED) is 0.174. The summed E-state index contributed by atoms with van der Waals surface area (Å²) in [6, 6.07) is 27.0. The Hall–Kier alpha value is -4.11. The number of halogens is 2. The van der Waals surface area contributed by atoms with Crippen molar-refractivity contribution < 1.29 is 14.6 Å². The lowest BCUT2D eigenvalue weighted by Gasteiger charge is -2.29. The van der Waals surface area contributed by atoms with Crippen molar-refractivity contribution in [2.75, 3.05) is 11.5 Å². The average Bonchev–Trinajstić information content (AvgIpc) is 2.96. The van der Waals surface area contributed by atoms with Crippen molar-refractivity contribution in [3.63, 3.8) is 0 Å². The van der Waals surface area contributed by atoms with E-state index in [2.05, 4.69) is 0 Å². The minimum Gasteiger partial charge on any atom is -0.494 e. The van der Waals surface area contributed by atoms with Gasteiger partial charge in [-0.3, -0.25) is 14.2 Å². The van der Waals surface area contributed by atoms with Gasteiger partial charge in [0.05, 0.1) is 39.7 Å². The van der Waals surface area contributed by atoms with Crippen LogP contribution in [0.15, 0.2) is 95.8 Å². The lowest BCUT2D eigenvalue weighted by atomic mass is 10.1. The van der Waals surface area contributed by atoms with Gasteiger partial charge in [0, 0.05) is 11.4 Å². The maximum absolute atomic E-state index is 13.8. The van der Waals surface area contributed by atoms with Gasteiger partial charge in [0.1, 0.15) is 12.4 Å². The minimum absolute atomic E-state index is 0.145. The maximum atomic E-state index is 13.8. The number of hydrogen-bond acceptors (Lipinski definition) is 5. The van der Waals surface area contributed by atoms with E-state index in [-0.39, 0.29) is 33.5 Å². The van der Waals surface area contributed by atoms with Crippen LogP contribution in [0.5, 0.6) is 5.75 Å². The molecule has 0 unspecified atom stereocenters. The molecule has 0 amide bonds. The standard InChI is InChI=1S/C31H25Cl2N3O4S/c1-2-40-22-16-14-21(15-17-22)34(26-12-5-3-8-20(26)18-28(37)38)19-35-27-13-6-4-9-23(27)30(39)36(31(35)41)29-24(32)10-7-11-25(29)33/h3-17H,2,18-19H2,1H3,(H,37,38). The lowest BCUT2D eigenvalue weighted by molar-refractivity contribution is -0.136. The Morgan fingerprint density at radius 1 is 0.927 bits per heavy atom. The molecule has 5 rings (SSSR count). The van der Waals surface area contributed by atoms with Crippen LogP contribution in [0, 0.1) is 4.77 Å². The van der Waals surface area contributed by atoms with Crippen molar-refractivity contribution in [2.45, 2.75) is 20.0 Å². The summed E-state index contributed by atoms with van der Waals surface area (Å²) in [5.74, 6) is -0.243. The zero-order chi connectivity index (χ0) is 29.1. The van der Waals surface area contributed by atoms with Gasteiger partial charge < -0.3 is 14.7 Å².